The van der Waals surface area contributed by atoms with Gasteiger partial charge in [-0.2, -0.15) is 10.2 Å². The summed E-state index contributed by atoms with van der Waals surface area (Å²) in [5, 5.41) is 20.8. The molecule has 1 aromatic carbocycles. The van der Waals surface area contributed by atoms with Crippen LogP contribution < -0.4 is 0 Å². The SMILES string of the molecule is O=C(c1cc(-c2ccc(O)cc2)n[nH]1)N1CCCC[C@H]1CCn1cccn1. The minimum atomic E-state index is -0.00214. The van der Waals surface area contributed by atoms with Crippen molar-refractivity contribution in [1.82, 2.24) is 24.9 Å². The number of amides is 1. The zero-order valence-corrected chi connectivity index (χ0v) is 15.1. The van der Waals surface area contributed by atoms with Crippen molar-refractivity contribution in [3.8, 4) is 17.0 Å². The van der Waals surface area contributed by atoms with Crippen LogP contribution in [0.4, 0.5) is 0 Å². The Morgan fingerprint density at radius 3 is 2.89 bits per heavy atom. The number of rotatable bonds is 5. The summed E-state index contributed by atoms with van der Waals surface area (Å²) in [5.41, 5.74) is 2.06. The summed E-state index contributed by atoms with van der Waals surface area (Å²) >= 11 is 0. The first-order chi connectivity index (χ1) is 13.2. The minimum Gasteiger partial charge on any atom is -0.508 e. The lowest BCUT2D eigenvalue weighted by Gasteiger charge is -2.35. The molecule has 1 aliphatic rings. The topological polar surface area (TPSA) is 87.0 Å². The Labute approximate surface area is 157 Å². The van der Waals surface area contributed by atoms with Gasteiger partial charge in [0.25, 0.3) is 5.91 Å². The molecule has 0 bridgehead atoms. The van der Waals surface area contributed by atoms with Crippen LogP contribution in [0.5, 0.6) is 5.75 Å². The summed E-state index contributed by atoms with van der Waals surface area (Å²) in [6.07, 6.45) is 7.82. The monoisotopic (exact) mass is 365 g/mol. The van der Waals surface area contributed by atoms with Gasteiger partial charge in [-0.3, -0.25) is 14.6 Å². The predicted octanol–water partition coefficient (Wildman–Crippen LogP) is 3.06. The van der Waals surface area contributed by atoms with Crippen LogP contribution in [0.15, 0.2) is 48.8 Å². The number of aromatic amines is 1. The minimum absolute atomic E-state index is 0.00214. The fraction of sp³-hybridized carbons (Fsp3) is 0.350. The molecule has 27 heavy (non-hydrogen) atoms. The van der Waals surface area contributed by atoms with Crippen LogP contribution in [0.25, 0.3) is 11.3 Å². The zero-order chi connectivity index (χ0) is 18.6. The van der Waals surface area contributed by atoms with Gasteiger partial charge in [0, 0.05) is 37.1 Å². The van der Waals surface area contributed by atoms with Gasteiger partial charge in [-0.25, -0.2) is 0 Å². The van der Waals surface area contributed by atoms with Crippen LogP contribution in [0.1, 0.15) is 36.2 Å². The molecule has 1 aliphatic heterocycles. The van der Waals surface area contributed by atoms with Gasteiger partial charge in [-0.15, -0.1) is 0 Å². The van der Waals surface area contributed by atoms with Crippen molar-refractivity contribution in [2.75, 3.05) is 6.54 Å². The molecule has 7 nitrogen and oxygen atoms in total. The molecule has 3 heterocycles. The molecular formula is C20H23N5O2. The maximum Gasteiger partial charge on any atom is 0.272 e. The van der Waals surface area contributed by atoms with Crippen molar-refractivity contribution < 1.29 is 9.90 Å². The Morgan fingerprint density at radius 2 is 2.11 bits per heavy atom. The van der Waals surface area contributed by atoms with Gasteiger partial charge in [0.2, 0.25) is 0 Å². The number of aryl methyl sites for hydroxylation is 1. The van der Waals surface area contributed by atoms with Crippen LogP contribution in [-0.2, 0) is 6.54 Å². The molecule has 140 valence electrons. The largest absolute Gasteiger partial charge is 0.508 e. The van der Waals surface area contributed by atoms with E-state index in [-0.39, 0.29) is 17.7 Å². The Balaban J connectivity index is 1.47. The maximum absolute atomic E-state index is 13.1. The van der Waals surface area contributed by atoms with Crippen LogP contribution in [0, 0.1) is 0 Å². The van der Waals surface area contributed by atoms with E-state index in [9.17, 15) is 9.90 Å². The number of hydrogen-bond acceptors (Lipinski definition) is 4. The van der Waals surface area contributed by atoms with Crippen molar-refractivity contribution >= 4 is 5.91 Å². The number of aromatic nitrogens is 4. The lowest BCUT2D eigenvalue weighted by Crippen LogP contribution is -2.44. The number of benzene rings is 1. The van der Waals surface area contributed by atoms with Crippen molar-refractivity contribution in [3.05, 3.63) is 54.5 Å². The Morgan fingerprint density at radius 1 is 1.26 bits per heavy atom. The molecule has 2 aromatic heterocycles. The van der Waals surface area contributed by atoms with Crippen molar-refractivity contribution in [2.45, 2.75) is 38.3 Å². The summed E-state index contributed by atoms with van der Waals surface area (Å²) < 4.78 is 1.91. The van der Waals surface area contributed by atoms with Gasteiger partial charge in [0.15, 0.2) is 0 Å². The summed E-state index contributed by atoms with van der Waals surface area (Å²) in [7, 11) is 0. The predicted molar refractivity (Wildman–Crippen MR) is 101 cm³/mol. The number of H-pyrrole nitrogens is 1. The summed E-state index contributed by atoms with van der Waals surface area (Å²) in [6.45, 7) is 1.58. The molecule has 0 aliphatic carbocycles. The van der Waals surface area contributed by atoms with E-state index in [2.05, 4.69) is 15.3 Å². The second kappa shape index (κ2) is 7.65. The van der Waals surface area contributed by atoms with E-state index in [1.165, 1.54) is 0 Å². The molecule has 1 saturated heterocycles. The Bertz CT molecular complexity index is 886. The van der Waals surface area contributed by atoms with Gasteiger partial charge < -0.3 is 10.0 Å². The highest BCUT2D eigenvalue weighted by molar-refractivity contribution is 5.93. The Kier molecular flexibility index (Phi) is 4.91. The maximum atomic E-state index is 13.1. The van der Waals surface area contributed by atoms with E-state index in [0.29, 0.717) is 11.4 Å². The highest BCUT2D eigenvalue weighted by atomic mass is 16.3. The molecule has 1 amide bonds. The first-order valence-corrected chi connectivity index (χ1v) is 9.34. The average molecular weight is 365 g/mol. The highest BCUT2D eigenvalue weighted by Gasteiger charge is 2.28. The molecule has 3 aromatic rings. The van der Waals surface area contributed by atoms with Crippen LogP contribution >= 0.6 is 0 Å². The molecule has 2 N–H and O–H groups in total. The first kappa shape index (κ1) is 17.3. The molecule has 4 rings (SSSR count). The summed E-state index contributed by atoms with van der Waals surface area (Å²) in [5.74, 6) is 0.205. The van der Waals surface area contributed by atoms with Crippen molar-refractivity contribution in [2.24, 2.45) is 0 Å². The highest BCUT2D eigenvalue weighted by Crippen LogP contribution is 2.24. The molecule has 7 heteroatoms. The first-order valence-electron chi connectivity index (χ1n) is 9.34. The number of aromatic hydroxyl groups is 1. The molecule has 1 atom stereocenters. The van der Waals surface area contributed by atoms with E-state index < -0.39 is 0 Å². The summed E-state index contributed by atoms with van der Waals surface area (Å²) in [6, 6.07) is 10.7. The number of carbonyl (C=O) groups excluding carboxylic acids is 1. The zero-order valence-electron chi connectivity index (χ0n) is 15.1. The van der Waals surface area contributed by atoms with E-state index in [1.807, 2.05) is 21.8 Å². The van der Waals surface area contributed by atoms with Crippen LogP contribution in [0.3, 0.4) is 0 Å². The molecule has 0 spiro atoms. The lowest BCUT2D eigenvalue weighted by atomic mass is 9.98. The van der Waals surface area contributed by atoms with Crippen LogP contribution in [0.2, 0.25) is 0 Å². The number of carbonyl (C=O) groups is 1. The number of phenolic OH excluding ortho intramolecular Hbond substituents is 1. The second-order valence-electron chi connectivity index (χ2n) is 6.92. The molecule has 0 saturated carbocycles. The number of nitrogens with zero attached hydrogens (tertiary/aromatic N) is 4. The second-order valence-corrected chi connectivity index (χ2v) is 6.92. The standard InChI is InChI=1S/C20H23N5O2/c26-17-7-5-15(6-8-17)18-14-19(23-22-18)20(27)25-12-2-1-4-16(25)9-13-24-11-3-10-21-24/h3,5-8,10-11,14,16,26H,1-2,4,9,12-13H2,(H,22,23)/t16-/m0/s1. The Hall–Kier alpha value is -3.09. The van der Waals surface area contributed by atoms with E-state index in [4.69, 9.17) is 0 Å². The van der Waals surface area contributed by atoms with Gasteiger partial charge in [0.1, 0.15) is 11.4 Å². The van der Waals surface area contributed by atoms with Gasteiger partial charge in [-0.1, -0.05) is 0 Å². The molecular weight excluding hydrogens is 342 g/mol. The van der Waals surface area contributed by atoms with Gasteiger partial charge in [-0.05, 0) is 62.1 Å². The molecule has 0 unspecified atom stereocenters. The summed E-state index contributed by atoms with van der Waals surface area (Å²) in [4.78, 5) is 15.0. The number of piperidine rings is 1. The van der Waals surface area contributed by atoms with E-state index in [1.54, 1.807) is 36.5 Å². The fourth-order valence-electron chi connectivity index (χ4n) is 3.65. The van der Waals surface area contributed by atoms with Crippen LogP contribution in [-0.4, -0.2) is 48.5 Å². The third kappa shape index (κ3) is 3.86. The number of likely N-dealkylation sites (tertiary alicyclic amines) is 1. The number of nitrogens with one attached hydrogen (secondary N) is 1. The third-order valence-electron chi connectivity index (χ3n) is 5.11. The number of hydrogen-bond donors (Lipinski definition) is 2. The van der Waals surface area contributed by atoms with Gasteiger partial charge in [0.05, 0.1) is 5.69 Å². The average Bonchev–Trinajstić information content (AvgIpc) is 3.39. The van der Waals surface area contributed by atoms with Gasteiger partial charge >= 0.3 is 0 Å². The van der Waals surface area contributed by atoms with Crippen molar-refractivity contribution in [3.63, 3.8) is 0 Å². The van der Waals surface area contributed by atoms with E-state index >= 15 is 0 Å². The molecule has 0 radical (unpaired) electrons. The third-order valence-corrected chi connectivity index (χ3v) is 5.11. The lowest BCUT2D eigenvalue weighted by molar-refractivity contribution is 0.0588. The van der Waals surface area contributed by atoms with E-state index in [0.717, 1.165) is 44.3 Å². The molecule has 1 fully saturated rings. The smallest absolute Gasteiger partial charge is 0.272 e. The quantitative estimate of drug-likeness (QED) is 0.727. The normalized spacial score (nSPS) is 17.2. The van der Waals surface area contributed by atoms with Crippen molar-refractivity contribution in [1.29, 1.82) is 0 Å². The fourth-order valence-corrected chi connectivity index (χ4v) is 3.65. The number of phenols is 1.